The predicted molar refractivity (Wildman–Crippen MR) is 75.5 cm³/mol. The van der Waals surface area contributed by atoms with Crippen molar-refractivity contribution in [2.45, 2.75) is 19.4 Å². The summed E-state index contributed by atoms with van der Waals surface area (Å²) in [5.41, 5.74) is 6.58. The number of rotatable bonds is 3. The third-order valence-corrected chi connectivity index (χ3v) is 3.83. The molecule has 3 N–H and O–H groups in total. The molecule has 104 valence electrons. The van der Waals surface area contributed by atoms with Crippen molar-refractivity contribution in [1.29, 1.82) is 0 Å². The molecule has 1 aromatic rings. The molecule has 0 aliphatic carbocycles. The number of benzene rings is 1. The Hall–Kier alpha value is -1.14. The van der Waals surface area contributed by atoms with Crippen LogP contribution >= 0.6 is 15.9 Å². The molecule has 0 bridgehead atoms. The van der Waals surface area contributed by atoms with Gasteiger partial charge in [-0.25, -0.2) is 4.39 Å². The third kappa shape index (κ3) is 3.91. The SMILES string of the molecule is NC(=NO)C1CCCN(Cc2cc(F)cc(Br)c2)C1. The van der Waals surface area contributed by atoms with Crippen LogP contribution in [0.25, 0.3) is 0 Å². The molecule has 1 aromatic carbocycles. The Kier molecular flexibility index (Phi) is 4.76. The van der Waals surface area contributed by atoms with Crippen LogP contribution in [0.15, 0.2) is 27.8 Å². The van der Waals surface area contributed by atoms with Gasteiger partial charge < -0.3 is 10.9 Å². The summed E-state index contributed by atoms with van der Waals surface area (Å²) in [5.74, 6) is 0.121. The molecule has 1 heterocycles. The van der Waals surface area contributed by atoms with Gasteiger partial charge >= 0.3 is 0 Å². The van der Waals surface area contributed by atoms with Gasteiger partial charge in [-0.2, -0.15) is 0 Å². The van der Waals surface area contributed by atoms with Crippen molar-refractivity contribution in [2.75, 3.05) is 13.1 Å². The minimum atomic E-state index is -0.241. The number of hydrogen-bond acceptors (Lipinski definition) is 3. The molecule has 0 radical (unpaired) electrons. The summed E-state index contributed by atoms with van der Waals surface area (Å²) in [6.45, 7) is 2.36. The van der Waals surface area contributed by atoms with E-state index in [0.29, 0.717) is 6.54 Å². The number of likely N-dealkylation sites (tertiary alicyclic amines) is 1. The van der Waals surface area contributed by atoms with E-state index in [2.05, 4.69) is 26.0 Å². The largest absolute Gasteiger partial charge is 0.409 e. The standard InChI is InChI=1S/C13H17BrFN3O/c14-11-4-9(5-12(15)6-11)7-18-3-1-2-10(8-18)13(16)17-19/h4-6,10,19H,1-3,7-8H2,(H2,16,17). The smallest absolute Gasteiger partial charge is 0.143 e. The van der Waals surface area contributed by atoms with E-state index in [0.717, 1.165) is 36.0 Å². The molecule has 1 saturated heterocycles. The summed E-state index contributed by atoms with van der Waals surface area (Å²) >= 11 is 3.29. The van der Waals surface area contributed by atoms with Crippen LogP contribution in [0.3, 0.4) is 0 Å². The molecule has 4 nitrogen and oxygen atoms in total. The van der Waals surface area contributed by atoms with E-state index in [-0.39, 0.29) is 17.6 Å². The molecular weight excluding hydrogens is 313 g/mol. The topological polar surface area (TPSA) is 61.9 Å². The van der Waals surface area contributed by atoms with Gasteiger partial charge in [-0.05, 0) is 43.1 Å². The number of amidine groups is 1. The zero-order chi connectivity index (χ0) is 13.8. The van der Waals surface area contributed by atoms with Gasteiger partial charge in [0.1, 0.15) is 11.7 Å². The van der Waals surface area contributed by atoms with Gasteiger partial charge in [0.05, 0.1) is 0 Å². The van der Waals surface area contributed by atoms with Gasteiger partial charge in [0.15, 0.2) is 0 Å². The first kappa shape index (κ1) is 14.3. The van der Waals surface area contributed by atoms with Crippen LogP contribution in [0.1, 0.15) is 18.4 Å². The molecule has 1 aliphatic heterocycles. The number of piperidine rings is 1. The number of halogens is 2. The van der Waals surface area contributed by atoms with Crippen LogP contribution in [0.2, 0.25) is 0 Å². The molecular formula is C13H17BrFN3O. The van der Waals surface area contributed by atoms with Gasteiger partial charge in [-0.15, -0.1) is 0 Å². The maximum Gasteiger partial charge on any atom is 0.143 e. The van der Waals surface area contributed by atoms with E-state index < -0.39 is 0 Å². The second kappa shape index (κ2) is 6.34. The first-order valence-electron chi connectivity index (χ1n) is 6.23. The van der Waals surface area contributed by atoms with Crippen molar-refractivity contribution < 1.29 is 9.60 Å². The number of nitrogens with two attached hydrogens (primary N) is 1. The van der Waals surface area contributed by atoms with E-state index >= 15 is 0 Å². The fourth-order valence-corrected chi connectivity index (χ4v) is 3.00. The van der Waals surface area contributed by atoms with Crippen LogP contribution < -0.4 is 5.73 Å². The second-order valence-electron chi connectivity index (χ2n) is 4.88. The van der Waals surface area contributed by atoms with Crippen molar-refractivity contribution in [3.05, 3.63) is 34.1 Å². The van der Waals surface area contributed by atoms with Crippen molar-refractivity contribution in [2.24, 2.45) is 16.8 Å². The lowest BCUT2D eigenvalue weighted by Crippen LogP contribution is -2.40. The lowest BCUT2D eigenvalue weighted by atomic mass is 9.96. The lowest BCUT2D eigenvalue weighted by Gasteiger charge is -2.32. The Morgan fingerprint density at radius 1 is 1.53 bits per heavy atom. The highest BCUT2D eigenvalue weighted by Gasteiger charge is 2.23. The fraction of sp³-hybridized carbons (Fsp3) is 0.462. The van der Waals surface area contributed by atoms with Crippen molar-refractivity contribution in [3.63, 3.8) is 0 Å². The fourth-order valence-electron chi connectivity index (χ4n) is 2.48. The third-order valence-electron chi connectivity index (χ3n) is 3.37. The second-order valence-corrected chi connectivity index (χ2v) is 5.79. The number of hydrogen-bond donors (Lipinski definition) is 2. The van der Waals surface area contributed by atoms with Crippen LogP contribution in [0.5, 0.6) is 0 Å². The molecule has 1 atom stereocenters. The molecule has 1 aliphatic rings. The van der Waals surface area contributed by atoms with E-state index in [9.17, 15) is 4.39 Å². The zero-order valence-electron chi connectivity index (χ0n) is 10.5. The van der Waals surface area contributed by atoms with Gasteiger partial charge in [-0.1, -0.05) is 21.1 Å². The van der Waals surface area contributed by atoms with E-state index in [1.54, 1.807) is 0 Å². The molecule has 1 unspecified atom stereocenters. The molecule has 6 heteroatoms. The Bertz CT molecular complexity index is 461. The van der Waals surface area contributed by atoms with Gasteiger partial charge in [-0.3, -0.25) is 4.90 Å². The summed E-state index contributed by atoms with van der Waals surface area (Å²) < 4.78 is 14.1. The molecule has 19 heavy (non-hydrogen) atoms. The summed E-state index contributed by atoms with van der Waals surface area (Å²) in [6, 6.07) is 4.90. The van der Waals surface area contributed by atoms with Crippen LogP contribution in [0, 0.1) is 11.7 Å². The molecule has 1 fully saturated rings. The lowest BCUT2D eigenvalue weighted by molar-refractivity contribution is 0.192. The van der Waals surface area contributed by atoms with Gasteiger partial charge in [0.2, 0.25) is 0 Å². The number of oxime groups is 1. The maximum absolute atomic E-state index is 13.3. The van der Waals surface area contributed by atoms with Gasteiger partial charge in [0, 0.05) is 23.5 Å². The average molecular weight is 330 g/mol. The van der Waals surface area contributed by atoms with E-state index in [4.69, 9.17) is 10.9 Å². The van der Waals surface area contributed by atoms with Crippen molar-refractivity contribution >= 4 is 21.8 Å². The molecule has 0 amide bonds. The summed E-state index contributed by atoms with van der Waals surface area (Å²) in [6.07, 6.45) is 1.93. The van der Waals surface area contributed by atoms with Crippen LogP contribution in [-0.2, 0) is 6.54 Å². The van der Waals surface area contributed by atoms with Crippen LogP contribution in [0.4, 0.5) is 4.39 Å². The Morgan fingerprint density at radius 2 is 2.32 bits per heavy atom. The van der Waals surface area contributed by atoms with Gasteiger partial charge in [0.25, 0.3) is 0 Å². The average Bonchev–Trinajstić information content (AvgIpc) is 2.37. The Balaban J connectivity index is 2.02. The first-order valence-corrected chi connectivity index (χ1v) is 7.02. The Morgan fingerprint density at radius 3 is 3.00 bits per heavy atom. The molecule has 0 spiro atoms. The highest BCUT2D eigenvalue weighted by atomic mass is 79.9. The highest BCUT2D eigenvalue weighted by Crippen LogP contribution is 2.21. The van der Waals surface area contributed by atoms with E-state index in [1.807, 2.05) is 6.07 Å². The number of nitrogens with zero attached hydrogens (tertiary/aromatic N) is 2. The minimum Gasteiger partial charge on any atom is -0.409 e. The first-order chi connectivity index (χ1) is 9.08. The maximum atomic E-state index is 13.3. The van der Waals surface area contributed by atoms with Crippen LogP contribution in [-0.4, -0.2) is 29.0 Å². The predicted octanol–water partition coefficient (Wildman–Crippen LogP) is 2.55. The summed E-state index contributed by atoms with van der Waals surface area (Å²) in [4.78, 5) is 2.20. The van der Waals surface area contributed by atoms with Crippen molar-refractivity contribution in [3.8, 4) is 0 Å². The Labute approximate surface area is 120 Å². The van der Waals surface area contributed by atoms with Crippen molar-refractivity contribution in [1.82, 2.24) is 4.90 Å². The monoisotopic (exact) mass is 329 g/mol. The summed E-state index contributed by atoms with van der Waals surface area (Å²) in [7, 11) is 0. The normalized spacial score (nSPS) is 21.6. The summed E-state index contributed by atoms with van der Waals surface area (Å²) in [5, 5.41) is 11.8. The highest BCUT2D eigenvalue weighted by molar-refractivity contribution is 9.10. The molecule has 0 aromatic heterocycles. The quantitative estimate of drug-likeness (QED) is 0.387. The van der Waals surface area contributed by atoms with E-state index in [1.165, 1.54) is 12.1 Å². The minimum absolute atomic E-state index is 0.0794. The molecule has 0 saturated carbocycles. The molecule has 2 rings (SSSR count). The zero-order valence-corrected chi connectivity index (χ0v) is 12.1.